The SMILES string of the molecule is CCCCCCOc1ccc(C(=O)Nc2ccc(NC(=O)c3ccccc3)c(C)c2)cc1Br. The van der Waals surface area contributed by atoms with Crippen LogP contribution in [-0.2, 0) is 0 Å². The molecule has 0 aromatic heterocycles. The summed E-state index contributed by atoms with van der Waals surface area (Å²) in [4.78, 5) is 25.1. The molecule has 0 atom stereocenters. The zero-order valence-corrected chi connectivity index (χ0v) is 20.6. The molecule has 0 unspecified atom stereocenters. The lowest BCUT2D eigenvalue weighted by Gasteiger charge is -2.12. The molecule has 0 aliphatic carbocycles. The van der Waals surface area contributed by atoms with Gasteiger partial charge in [0.1, 0.15) is 5.75 Å². The minimum Gasteiger partial charge on any atom is -0.492 e. The summed E-state index contributed by atoms with van der Waals surface area (Å²) in [5.41, 5.74) is 3.32. The van der Waals surface area contributed by atoms with Crippen LogP contribution < -0.4 is 15.4 Å². The van der Waals surface area contributed by atoms with E-state index in [1.54, 1.807) is 36.4 Å². The van der Waals surface area contributed by atoms with Crippen LogP contribution in [0.25, 0.3) is 0 Å². The Kier molecular flexibility index (Phi) is 9.07. The van der Waals surface area contributed by atoms with Crippen molar-refractivity contribution in [3.63, 3.8) is 0 Å². The first-order chi connectivity index (χ1) is 16.0. The highest BCUT2D eigenvalue weighted by molar-refractivity contribution is 9.10. The van der Waals surface area contributed by atoms with E-state index in [-0.39, 0.29) is 11.8 Å². The second-order valence-corrected chi connectivity index (χ2v) is 8.71. The van der Waals surface area contributed by atoms with Crippen LogP contribution in [0.3, 0.4) is 0 Å². The molecule has 0 radical (unpaired) electrons. The third-order valence-corrected chi connectivity index (χ3v) is 5.84. The van der Waals surface area contributed by atoms with Crippen molar-refractivity contribution >= 4 is 39.1 Å². The van der Waals surface area contributed by atoms with Crippen LogP contribution in [0, 0.1) is 6.92 Å². The van der Waals surface area contributed by atoms with Crippen LogP contribution in [0.2, 0.25) is 0 Å². The van der Waals surface area contributed by atoms with Gasteiger partial charge in [-0.15, -0.1) is 0 Å². The summed E-state index contributed by atoms with van der Waals surface area (Å²) < 4.78 is 6.57. The van der Waals surface area contributed by atoms with Gasteiger partial charge in [-0.05, 0) is 83.4 Å². The van der Waals surface area contributed by atoms with E-state index in [1.165, 1.54) is 12.8 Å². The summed E-state index contributed by atoms with van der Waals surface area (Å²) in [5, 5.41) is 5.82. The molecule has 0 spiro atoms. The quantitative estimate of drug-likeness (QED) is 0.284. The van der Waals surface area contributed by atoms with Gasteiger partial charge in [-0.3, -0.25) is 9.59 Å². The van der Waals surface area contributed by atoms with Gasteiger partial charge in [0.15, 0.2) is 0 Å². The number of unbranched alkanes of at least 4 members (excludes halogenated alkanes) is 3. The molecule has 5 nitrogen and oxygen atoms in total. The Labute approximate surface area is 203 Å². The summed E-state index contributed by atoms with van der Waals surface area (Å²) in [5.74, 6) is 0.344. The van der Waals surface area contributed by atoms with E-state index < -0.39 is 0 Å². The standard InChI is InChI=1S/C27H29BrN2O3/c1-3-4-5-9-16-33-25-15-12-21(18-23(25)28)27(32)29-22-13-14-24(19(2)17-22)30-26(31)20-10-7-6-8-11-20/h6-8,10-15,17-18H,3-5,9,16H2,1-2H3,(H,29,32)(H,30,31). The van der Waals surface area contributed by atoms with Gasteiger partial charge in [0.2, 0.25) is 0 Å². The highest BCUT2D eigenvalue weighted by Crippen LogP contribution is 2.27. The lowest BCUT2D eigenvalue weighted by molar-refractivity contribution is 0.101. The number of carbonyl (C=O) groups excluding carboxylic acids is 2. The monoisotopic (exact) mass is 508 g/mol. The average Bonchev–Trinajstić information content (AvgIpc) is 2.82. The number of aryl methyl sites for hydroxylation is 1. The van der Waals surface area contributed by atoms with E-state index >= 15 is 0 Å². The second kappa shape index (κ2) is 12.2. The maximum absolute atomic E-state index is 12.7. The van der Waals surface area contributed by atoms with Crippen LogP contribution in [0.15, 0.2) is 71.2 Å². The zero-order chi connectivity index (χ0) is 23.6. The molecule has 2 N–H and O–H groups in total. The Hall–Kier alpha value is -3.12. The molecule has 33 heavy (non-hydrogen) atoms. The summed E-state index contributed by atoms with van der Waals surface area (Å²) >= 11 is 3.50. The molecule has 0 saturated heterocycles. The van der Waals surface area contributed by atoms with Crippen LogP contribution in [0.1, 0.15) is 58.9 Å². The fourth-order valence-corrected chi connectivity index (χ4v) is 3.83. The Morgan fingerprint density at radius 1 is 0.848 bits per heavy atom. The van der Waals surface area contributed by atoms with Gasteiger partial charge in [-0.1, -0.05) is 44.4 Å². The van der Waals surface area contributed by atoms with Crippen molar-refractivity contribution in [3.8, 4) is 5.75 Å². The fraction of sp³-hybridized carbons (Fsp3) is 0.259. The third-order valence-electron chi connectivity index (χ3n) is 5.22. The van der Waals surface area contributed by atoms with Crippen LogP contribution >= 0.6 is 15.9 Å². The molecule has 2 amide bonds. The number of rotatable bonds is 10. The highest BCUT2D eigenvalue weighted by atomic mass is 79.9. The van der Waals surface area contributed by atoms with Gasteiger partial charge >= 0.3 is 0 Å². The molecule has 3 rings (SSSR count). The molecule has 0 saturated carbocycles. The normalized spacial score (nSPS) is 10.5. The van der Waals surface area contributed by atoms with Crippen molar-refractivity contribution in [1.82, 2.24) is 0 Å². The predicted molar refractivity (Wildman–Crippen MR) is 137 cm³/mol. The number of amides is 2. The number of halogens is 1. The fourth-order valence-electron chi connectivity index (χ4n) is 3.34. The maximum Gasteiger partial charge on any atom is 0.255 e. The molecule has 3 aromatic rings. The van der Waals surface area contributed by atoms with E-state index in [0.29, 0.717) is 29.1 Å². The third kappa shape index (κ3) is 7.19. The highest BCUT2D eigenvalue weighted by Gasteiger charge is 2.12. The number of anilines is 2. The lowest BCUT2D eigenvalue weighted by atomic mass is 10.1. The van der Waals surface area contributed by atoms with Crippen LogP contribution in [0.5, 0.6) is 5.75 Å². The molecule has 0 bridgehead atoms. The number of nitrogens with one attached hydrogen (secondary N) is 2. The average molecular weight is 509 g/mol. The Morgan fingerprint density at radius 3 is 2.30 bits per heavy atom. The predicted octanol–water partition coefficient (Wildman–Crippen LogP) is 7.22. The molecular formula is C27H29BrN2O3. The summed E-state index contributed by atoms with van der Waals surface area (Å²) in [6.45, 7) is 4.73. The van der Waals surface area contributed by atoms with Gasteiger partial charge in [-0.25, -0.2) is 0 Å². The molecule has 0 aliphatic rings. The second-order valence-electron chi connectivity index (χ2n) is 7.86. The van der Waals surface area contributed by atoms with E-state index in [4.69, 9.17) is 4.74 Å². The first-order valence-corrected chi connectivity index (χ1v) is 12.0. The van der Waals surface area contributed by atoms with Crippen LogP contribution in [-0.4, -0.2) is 18.4 Å². The van der Waals surface area contributed by atoms with Gasteiger partial charge in [0.25, 0.3) is 11.8 Å². The van der Waals surface area contributed by atoms with E-state index in [1.807, 2.05) is 37.3 Å². The minimum atomic E-state index is -0.217. The largest absolute Gasteiger partial charge is 0.492 e. The van der Waals surface area contributed by atoms with E-state index in [0.717, 1.165) is 28.6 Å². The number of hydrogen-bond donors (Lipinski definition) is 2. The van der Waals surface area contributed by atoms with Crippen molar-refractivity contribution in [2.24, 2.45) is 0 Å². The number of ether oxygens (including phenoxy) is 1. The van der Waals surface area contributed by atoms with Gasteiger partial charge in [0.05, 0.1) is 11.1 Å². The Balaban J connectivity index is 1.59. The first-order valence-electron chi connectivity index (χ1n) is 11.2. The molecule has 172 valence electrons. The summed E-state index contributed by atoms with van der Waals surface area (Å²) in [6.07, 6.45) is 4.58. The Bertz CT molecular complexity index is 1100. The molecule has 0 heterocycles. The smallest absolute Gasteiger partial charge is 0.255 e. The number of carbonyl (C=O) groups is 2. The maximum atomic E-state index is 12.7. The number of benzene rings is 3. The molecule has 6 heteroatoms. The van der Waals surface area contributed by atoms with Crippen molar-refractivity contribution < 1.29 is 14.3 Å². The van der Waals surface area contributed by atoms with Crippen molar-refractivity contribution in [2.75, 3.05) is 17.2 Å². The van der Waals surface area contributed by atoms with E-state index in [9.17, 15) is 9.59 Å². The minimum absolute atomic E-state index is 0.173. The summed E-state index contributed by atoms with van der Waals surface area (Å²) in [6, 6.07) is 19.8. The molecule has 0 aliphatic heterocycles. The Morgan fingerprint density at radius 2 is 1.61 bits per heavy atom. The van der Waals surface area contributed by atoms with E-state index in [2.05, 4.69) is 33.5 Å². The zero-order valence-electron chi connectivity index (χ0n) is 19.0. The van der Waals surface area contributed by atoms with Gasteiger partial charge in [0, 0.05) is 22.5 Å². The molecular weight excluding hydrogens is 480 g/mol. The molecule has 3 aromatic carbocycles. The van der Waals surface area contributed by atoms with Crippen LogP contribution in [0.4, 0.5) is 11.4 Å². The van der Waals surface area contributed by atoms with Crippen molar-refractivity contribution in [1.29, 1.82) is 0 Å². The van der Waals surface area contributed by atoms with Gasteiger partial charge < -0.3 is 15.4 Å². The lowest BCUT2D eigenvalue weighted by Crippen LogP contribution is -2.14. The topological polar surface area (TPSA) is 67.4 Å². The molecule has 0 fully saturated rings. The van der Waals surface area contributed by atoms with Crippen molar-refractivity contribution in [2.45, 2.75) is 39.5 Å². The summed E-state index contributed by atoms with van der Waals surface area (Å²) in [7, 11) is 0. The van der Waals surface area contributed by atoms with Gasteiger partial charge in [-0.2, -0.15) is 0 Å². The first kappa shape index (κ1) is 24.5. The van der Waals surface area contributed by atoms with Crippen molar-refractivity contribution in [3.05, 3.63) is 87.9 Å². The number of hydrogen-bond acceptors (Lipinski definition) is 3.